The maximum absolute atomic E-state index is 11.4. The van der Waals surface area contributed by atoms with Gasteiger partial charge < -0.3 is 5.32 Å². The van der Waals surface area contributed by atoms with Crippen LogP contribution < -0.4 is 5.32 Å². The van der Waals surface area contributed by atoms with Gasteiger partial charge in [0.05, 0.1) is 12.0 Å². The first-order chi connectivity index (χ1) is 6.68. The molecular formula is C8H13N3O2S. The fourth-order valence-corrected chi connectivity index (χ4v) is 2.49. The lowest BCUT2D eigenvalue weighted by atomic mass is 10.4. The lowest BCUT2D eigenvalue weighted by molar-refractivity contribution is 0.273. The molecule has 0 saturated carbocycles. The molecule has 1 N–H and O–H groups in total. The van der Waals surface area contributed by atoms with Crippen LogP contribution >= 0.6 is 0 Å². The van der Waals surface area contributed by atoms with E-state index in [4.69, 9.17) is 0 Å². The van der Waals surface area contributed by atoms with Gasteiger partial charge in [-0.05, 0) is 0 Å². The number of hydrogen-bond acceptors (Lipinski definition) is 5. The van der Waals surface area contributed by atoms with Crippen molar-refractivity contribution >= 4 is 14.9 Å². The highest BCUT2D eigenvalue weighted by molar-refractivity contribution is 8.09. The number of sulfone groups is 1. The van der Waals surface area contributed by atoms with Gasteiger partial charge in [-0.2, -0.15) is 0 Å². The van der Waals surface area contributed by atoms with Crippen LogP contribution in [-0.4, -0.2) is 51.1 Å². The number of nitrogens with zero attached hydrogens (tertiary/aromatic N) is 2. The van der Waals surface area contributed by atoms with Crippen molar-refractivity contribution in [1.82, 2.24) is 10.2 Å². The van der Waals surface area contributed by atoms with Crippen LogP contribution in [0.2, 0.25) is 0 Å². The van der Waals surface area contributed by atoms with Crippen molar-refractivity contribution in [3.05, 3.63) is 11.6 Å². The summed E-state index contributed by atoms with van der Waals surface area (Å²) in [6.45, 7) is 4.04. The second-order valence-electron chi connectivity index (χ2n) is 3.38. The van der Waals surface area contributed by atoms with Gasteiger partial charge in [0, 0.05) is 32.4 Å². The van der Waals surface area contributed by atoms with Gasteiger partial charge >= 0.3 is 0 Å². The number of nitrogens with one attached hydrogen (secondary N) is 1. The first-order valence-corrected chi connectivity index (χ1v) is 6.14. The van der Waals surface area contributed by atoms with Gasteiger partial charge in [-0.15, -0.1) is 0 Å². The topological polar surface area (TPSA) is 61.8 Å². The van der Waals surface area contributed by atoms with Crippen LogP contribution in [0.25, 0.3) is 0 Å². The Hall–Kier alpha value is -0.720. The summed E-state index contributed by atoms with van der Waals surface area (Å²) in [4.78, 5) is 5.97. The maximum Gasteiger partial charge on any atom is 0.215 e. The Morgan fingerprint density at radius 1 is 1.43 bits per heavy atom. The summed E-state index contributed by atoms with van der Waals surface area (Å²) < 4.78 is 22.8. The summed E-state index contributed by atoms with van der Waals surface area (Å²) in [7, 11) is -3.18. The van der Waals surface area contributed by atoms with Crippen molar-refractivity contribution in [3.63, 3.8) is 0 Å². The van der Waals surface area contributed by atoms with Crippen LogP contribution in [-0.2, 0) is 9.84 Å². The number of rotatable bonds is 2. The zero-order chi connectivity index (χ0) is 10.0. The van der Waals surface area contributed by atoms with Gasteiger partial charge in [0.1, 0.15) is 0 Å². The third-order valence-corrected chi connectivity index (χ3v) is 3.73. The van der Waals surface area contributed by atoms with Crippen molar-refractivity contribution < 1.29 is 8.42 Å². The predicted octanol–water partition coefficient (Wildman–Crippen LogP) is -0.810. The van der Waals surface area contributed by atoms with E-state index in [-0.39, 0.29) is 5.04 Å². The average molecular weight is 215 g/mol. The van der Waals surface area contributed by atoms with E-state index in [9.17, 15) is 8.42 Å². The van der Waals surface area contributed by atoms with Crippen molar-refractivity contribution in [3.8, 4) is 0 Å². The molecule has 78 valence electrons. The van der Waals surface area contributed by atoms with Gasteiger partial charge in [-0.25, -0.2) is 13.4 Å². The Bertz CT molecular complexity index is 366. The molecule has 6 heteroatoms. The fraction of sp³-hybridized carbons (Fsp3) is 0.625. The molecule has 2 aliphatic rings. The van der Waals surface area contributed by atoms with E-state index in [1.807, 2.05) is 0 Å². The van der Waals surface area contributed by atoms with Crippen LogP contribution in [0.1, 0.15) is 0 Å². The molecule has 2 aliphatic heterocycles. The minimum absolute atomic E-state index is 0.277. The molecule has 0 aromatic heterocycles. The monoisotopic (exact) mass is 215 g/mol. The second kappa shape index (κ2) is 3.80. The van der Waals surface area contributed by atoms with E-state index in [0.717, 1.165) is 31.6 Å². The van der Waals surface area contributed by atoms with Gasteiger partial charge in [0.25, 0.3) is 0 Å². The molecule has 0 aromatic rings. The second-order valence-corrected chi connectivity index (χ2v) is 5.21. The smallest absolute Gasteiger partial charge is 0.215 e. The van der Waals surface area contributed by atoms with E-state index in [0.29, 0.717) is 6.54 Å². The zero-order valence-electron chi connectivity index (χ0n) is 7.81. The minimum atomic E-state index is -3.18. The summed E-state index contributed by atoms with van der Waals surface area (Å²) in [5, 5.41) is 4.65. The number of piperazine rings is 1. The molecule has 14 heavy (non-hydrogen) atoms. The van der Waals surface area contributed by atoms with E-state index in [1.54, 1.807) is 0 Å². The average Bonchev–Trinajstić information content (AvgIpc) is 2.48. The molecule has 0 aliphatic carbocycles. The molecule has 0 unspecified atom stereocenters. The van der Waals surface area contributed by atoms with Gasteiger partial charge in [-0.1, -0.05) is 0 Å². The number of hydrogen-bond donors (Lipinski definition) is 1. The summed E-state index contributed by atoms with van der Waals surface area (Å²) >= 11 is 0. The summed E-state index contributed by atoms with van der Waals surface area (Å²) in [5.74, 6) is 0. The quantitative estimate of drug-likeness (QED) is 0.654. The van der Waals surface area contributed by atoms with Crippen LogP contribution in [0, 0.1) is 0 Å². The summed E-state index contributed by atoms with van der Waals surface area (Å²) in [6.07, 6.45) is 1.35. The molecule has 0 bridgehead atoms. The highest BCUT2D eigenvalue weighted by Gasteiger charge is 2.23. The van der Waals surface area contributed by atoms with E-state index < -0.39 is 9.84 Å². The van der Waals surface area contributed by atoms with Crippen LogP contribution in [0.3, 0.4) is 0 Å². The standard InChI is InChI=1S/C8H13N3O2S/c12-14(13)6-3-10-8(14)7-11-4-1-9-2-5-11/h3,6,9H,1-2,4-5,7H2. The van der Waals surface area contributed by atoms with E-state index in [2.05, 4.69) is 15.2 Å². The Labute approximate surface area is 83.4 Å². The molecule has 5 nitrogen and oxygen atoms in total. The molecule has 0 aromatic carbocycles. The highest BCUT2D eigenvalue weighted by atomic mass is 32.2. The molecule has 1 fully saturated rings. The van der Waals surface area contributed by atoms with Crippen LogP contribution in [0.15, 0.2) is 16.6 Å². The molecule has 2 heterocycles. The maximum atomic E-state index is 11.4. The van der Waals surface area contributed by atoms with Crippen molar-refractivity contribution in [1.29, 1.82) is 0 Å². The normalized spacial score (nSPS) is 26.4. The zero-order valence-corrected chi connectivity index (χ0v) is 8.63. The van der Waals surface area contributed by atoms with Crippen LogP contribution in [0.5, 0.6) is 0 Å². The highest BCUT2D eigenvalue weighted by Crippen LogP contribution is 2.08. The predicted molar refractivity (Wildman–Crippen MR) is 54.8 cm³/mol. The molecule has 0 atom stereocenters. The molecule has 0 spiro atoms. The molecule has 1 saturated heterocycles. The molecule has 2 rings (SSSR count). The molecule has 0 amide bonds. The first kappa shape index (κ1) is 9.82. The molecule has 0 radical (unpaired) electrons. The van der Waals surface area contributed by atoms with Crippen molar-refractivity contribution in [2.24, 2.45) is 4.99 Å². The number of aliphatic imine (C=N–C) groups is 1. The third kappa shape index (κ3) is 2.02. The fourth-order valence-electron chi connectivity index (χ4n) is 1.54. The van der Waals surface area contributed by atoms with E-state index in [1.165, 1.54) is 6.20 Å². The minimum Gasteiger partial charge on any atom is -0.314 e. The van der Waals surface area contributed by atoms with Crippen molar-refractivity contribution in [2.75, 3.05) is 32.7 Å². The van der Waals surface area contributed by atoms with Crippen LogP contribution in [0.4, 0.5) is 0 Å². The van der Waals surface area contributed by atoms with Crippen molar-refractivity contribution in [2.45, 2.75) is 0 Å². The largest absolute Gasteiger partial charge is 0.314 e. The van der Waals surface area contributed by atoms with Gasteiger partial charge in [-0.3, -0.25) is 4.90 Å². The Balaban J connectivity index is 1.98. The van der Waals surface area contributed by atoms with E-state index >= 15 is 0 Å². The van der Waals surface area contributed by atoms with Gasteiger partial charge in [0.2, 0.25) is 9.84 Å². The Kier molecular flexibility index (Phi) is 2.66. The summed E-state index contributed by atoms with van der Waals surface area (Å²) in [5.41, 5.74) is 0. The van der Waals surface area contributed by atoms with Gasteiger partial charge in [0.15, 0.2) is 5.04 Å². The summed E-state index contributed by atoms with van der Waals surface area (Å²) in [6, 6.07) is 0. The lowest BCUT2D eigenvalue weighted by Gasteiger charge is -2.26. The Morgan fingerprint density at radius 3 is 2.71 bits per heavy atom. The Morgan fingerprint density at radius 2 is 2.14 bits per heavy atom. The SMILES string of the molecule is O=S1(=O)C=CN=C1CN1CCNCC1. The third-order valence-electron chi connectivity index (χ3n) is 2.36. The first-order valence-electron chi connectivity index (χ1n) is 4.60. The lowest BCUT2D eigenvalue weighted by Crippen LogP contribution is -2.46. The molecular weight excluding hydrogens is 202 g/mol.